The number of carbonyl (C=O) groups excluding carboxylic acids is 1. The summed E-state index contributed by atoms with van der Waals surface area (Å²) in [7, 11) is 2.83. The summed E-state index contributed by atoms with van der Waals surface area (Å²) >= 11 is 0. The molecule has 0 saturated carbocycles. The number of aldehydes is 1. The van der Waals surface area contributed by atoms with Gasteiger partial charge in [-0.3, -0.25) is 9.36 Å². The number of imidazole rings is 1. The first-order chi connectivity index (χ1) is 7.07. The van der Waals surface area contributed by atoms with E-state index in [1.807, 2.05) is 0 Å². The van der Waals surface area contributed by atoms with Crippen LogP contribution in [0.25, 0.3) is 5.78 Å². The molecule has 0 unspecified atom stereocenters. The summed E-state index contributed by atoms with van der Waals surface area (Å²) in [6.45, 7) is 0. The fourth-order valence-electron chi connectivity index (χ4n) is 1.41. The molecule has 0 fully saturated rings. The fourth-order valence-corrected chi connectivity index (χ4v) is 1.41. The van der Waals surface area contributed by atoms with Gasteiger partial charge in [0, 0.05) is 14.1 Å². The average molecular weight is 208 g/mol. The molecule has 2 aromatic rings. The third-order valence-electron chi connectivity index (χ3n) is 2.24. The van der Waals surface area contributed by atoms with Crippen LogP contribution in [0.4, 0.5) is 0 Å². The fraction of sp³-hybridized carbons (Fsp3) is 0.250. The average Bonchev–Trinajstić information content (AvgIpc) is 2.67. The van der Waals surface area contributed by atoms with Gasteiger partial charge in [0.05, 0.1) is 6.20 Å². The number of nitrogens with zero attached hydrogens (tertiary/aromatic N) is 4. The standard InChI is InChI=1S/C8H8N4O3/c1-10-6-9-3-5(4-13)12(6)8(15)11(2)7(10)14/h3-4H,1-2H3. The Labute approximate surface area is 83.2 Å². The number of rotatable bonds is 1. The zero-order valence-corrected chi connectivity index (χ0v) is 8.17. The molecule has 0 radical (unpaired) electrons. The number of aryl methyl sites for hydroxylation is 1. The number of fused-ring (bicyclic) bond motifs is 1. The van der Waals surface area contributed by atoms with Crippen LogP contribution in [-0.2, 0) is 14.1 Å². The summed E-state index contributed by atoms with van der Waals surface area (Å²) in [5, 5.41) is 0. The first-order valence-corrected chi connectivity index (χ1v) is 4.16. The van der Waals surface area contributed by atoms with Gasteiger partial charge in [-0.1, -0.05) is 0 Å². The molecule has 2 aromatic heterocycles. The molecule has 15 heavy (non-hydrogen) atoms. The molecule has 2 heterocycles. The highest BCUT2D eigenvalue weighted by Gasteiger charge is 2.12. The summed E-state index contributed by atoms with van der Waals surface area (Å²) in [4.78, 5) is 37.6. The van der Waals surface area contributed by atoms with Crippen LogP contribution in [0.15, 0.2) is 15.8 Å². The Bertz CT molecular complexity index is 661. The van der Waals surface area contributed by atoms with Gasteiger partial charge in [0.25, 0.3) is 0 Å². The maximum Gasteiger partial charge on any atom is 0.339 e. The quantitative estimate of drug-likeness (QED) is 0.537. The van der Waals surface area contributed by atoms with E-state index in [4.69, 9.17) is 0 Å². The summed E-state index contributed by atoms with van der Waals surface area (Å²) < 4.78 is 3.21. The lowest BCUT2D eigenvalue weighted by Crippen LogP contribution is -2.41. The SMILES string of the molecule is Cn1c(=O)n(C)c2ncc(C=O)n2c1=O. The maximum absolute atomic E-state index is 11.7. The highest BCUT2D eigenvalue weighted by Crippen LogP contribution is 1.96. The molecule has 7 heteroatoms. The van der Waals surface area contributed by atoms with Gasteiger partial charge in [0.1, 0.15) is 5.69 Å². The van der Waals surface area contributed by atoms with Crippen molar-refractivity contribution in [3.63, 3.8) is 0 Å². The molecule has 2 rings (SSSR count). The molecule has 0 atom stereocenters. The van der Waals surface area contributed by atoms with E-state index in [1.165, 1.54) is 24.9 Å². The number of aromatic nitrogens is 4. The lowest BCUT2D eigenvalue weighted by atomic mass is 10.5. The molecular weight excluding hydrogens is 200 g/mol. The van der Waals surface area contributed by atoms with Crippen LogP contribution in [0.3, 0.4) is 0 Å². The highest BCUT2D eigenvalue weighted by atomic mass is 16.2. The molecule has 0 aliphatic rings. The molecule has 0 aromatic carbocycles. The summed E-state index contributed by atoms with van der Waals surface area (Å²) in [6, 6.07) is 0. The van der Waals surface area contributed by atoms with Crippen molar-refractivity contribution in [3.05, 3.63) is 32.9 Å². The minimum atomic E-state index is -0.576. The van der Waals surface area contributed by atoms with E-state index in [-0.39, 0.29) is 11.5 Å². The second kappa shape index (κ2) is 2.91. The van der Waals surface area contributed by atoms with E-state index in [1.54, 1.807) is 0 Å². The molecule has 0 aliphatic carbocycles. The van der Waals surface area contributed by atoms with Crippen molar-refractivity contribution in [1.82, 2.24) is 18.5 Å². The molecule has 0 spiro atoms. The van der Waals surface area contributed by atoms with Crippen molar-refractivity contribution in [3.8, 4) is 0 Å². The second-order valence-electron chi connectivity index (χ2n) is 3.12. The summed E-state index contributed by atoms with van der Waals surface area (Å²) in [6.07, 6.45) is 1.77. The Morgan fingerprint density at radius 1 is 1.20 bits per heavy atom. The normalized spacial score (nSPS) is 10.8. The smallest absolute Gasteiger partial charge is 0.296 e. The zero-order valence-electron chi connectivity index (χ0n) is 8.17. The molecule has 0 saturated heterocycles. The van der Waals surface area contributed by atoms with Gasteiger partial charge in [-0.25, -0.2) is 23.5 Å². The number of hydrogen-bond acceptors (Lipinski definition) is 4. The predicted octanol–water partition coefficient (Wildman–Crippen LogP) is -1.46. The first kappa shape index (κ1) is 9.38. The first-order valence-electron chi connectivity index (χ1n) is 4.16. The lowest BCUT2D eigenvalue weighted by Gasteiger charge is -2.03. The van der Waals surface area contributed by atoms with Crippen LogP contribution in [0.2, 0.25) is 0 Å². The number of carbonyl (C=O) groups is 1. The Hall–Kier alpha value is -2.18. The summed E-state index contributed by atoms with van der Waals surface area (Å²) in [5.41, 5.74) is -0.926. The van der Waals surface area contributed by atoms with Gasteiger partial charge in [0.15, 0.2) is 6.29 Å². The van der Waals surface area contributed by atoms with Crippen LogP contribution in [-0.4, -0.2) is 24.8 Å². The van der Waals surface area contributed by atoms with Crippen molar-refractivity contribution in [2.75, 3.05) is 0 Å². The van der Waals surface area contributed by atoms with Crippen LogP contribution in [0.1, 0.15) is 10.5 Å². The Kier molecular flexibility index (Phi) is 1.82. The molecule has 0 N–H and O–H groups in total. The molecule has 0 amide bonds. The van der Waals surface area contributed by atoms with Crippen LogP contribution >= 0.6 is 0 Å². The highest BCUT2D eigenvalue weighted by molar-refractivity contribution is 5.73. The van der Waals surface area contributed by atoms with E-state index in [9.17, 15) is 14.4 Å². The topological polar surface area (TPSA) is 78.4 Å². The third-order valence-corrected chi connectivity index (χ3v) is 2.24. The molecule has 0 aliphatic heterocycles. The Morgan fingerprint density at radius 2 is 1.87 bits per heavy atom. The monoisotopic (exact) mass is 208 g/mol. The lowest BCUT2D eigenvalue weighted by molar-refractivity contribution is 0.111. The van der Waals surface area contributed by atoms with Crippen molar-refractivity contribution in [1.29, 1.82) is 0 Å². The molecule has 0 bridgehead atoms. The molecule has 7 nitrogen and oxygen atoms in total. The summed E-state index contributed by atoms with van der Waals surface area (Å²) in [5.74, 6) is 0.158. The van der Waals surface area contributed by atoms with Crippen LogP contribution in [0, 0.1) is 0 Å². The van der Waals surface area contributed by atoms with Crippen molar-refractivity contribution >= 4 is 12.1 Å². The predicted molar refractivity (Wildman–Crippen MR) is 51.1 cm³/mol. The third kappa shape index (κ3) is 1.06. The van der Waals surface area contributed by atoms with Crippen molar-refractivity contribution < 1.29 is 4.79 Å². The zero-order chi connectivity index (χ0) is 11.2. The van der Waals surface area contributed by atoms with E-state index in [0.717, 1.165) is 8.97 Å². The van der Waals surface area contributed by atoms with E-state index < -0.39 is 11.4 Å². The van der Waals surface area contributed by atoms with Gasteiger partial charge in [-0.15, -0.1) is 0 Å². The Morgan fingerprint density at radius 3 is 2.47 bits per heavy atom. The van der Waals surface area contributed by atoms with E-state index in [0.29, 0.717) is 6.29 Å². The van der Waals surface area contributed by atoms with Crippen molar-refractivity contribution in [2.45, 2.75) is 0 Å². The van der Waals surface area contributed by atoms with E-state index in [2.05, 4.69) is 4.98 Å². The molecule has 78 valence electrons. The maximum atomic E-state index is 11.7. The van der Waals surface area contributed by atoms with Crippen LogP contribution in [0.5, 0.6) is 0 Å². The molecular formula is C8H8N4O3. The van der Waals surface area contributed by atoms with Gasteiger partial charge >= 0.3 is 11.4 Å². The second-order valence-corrected chi connectivity index (χ2v) is 3.12. The van der Waals surface area contributed by atoms with Gasteiger partial charge in [0.2, 0.25) is 5.78 Å². The Balaban J connectivity index is 3.18. The van der Waals surface area contributed by atoms with Gasteiger partial charge in [-0.2, -0.15) is 0 Å². The number of hydrogen-bond donors (Lipinski definition) is 0. The minimum absolute atomic E-state index is 0.126. The minimum Gasteiger partial charge on any atom is -0.296 e. The van der Waals surface area contributed by atoms with Crippen LogP contribution < -0.4 is 11.4 Å². The van der Waals surface area contributed by atoms with E-state index >= 15 is 0 Å². The van der Waals surface area contributed by atoms with Crippen molar-refractivity contribution in [2.24, 2.45) is 14.1 Å². The largest absolute Gasteiger partial charge is 0.339 e. The van der Waals surface area contributed by atoms with Gasteiger partial charge < -0.3 is 0 Å². The van der Waals surface area contributed by atoms with Gasteiger partial charge in [-0.05, 0) is 0 Å².